The Morgan fingerprint density at radius 2 is 2.13 bits per heavy atom. The van der Waals surface area contributed by atoms with E-state index in [0.717, 1.165) is 5.56 Å². The third-order valence-electron chi connectivity index (χ3n) is 2.43. The maximum absolute atomic E-state index is 10.7. The van der Waals surface area contributed by atoms with E-state index in [1.807, 2.05) is 19.9 Å². The first-order chi connectivity index (χ1) is 6.88. The van der Waals surface area contributed by atoms with E-state index in [0.29, 0.717) is 11.0 Å². The summed E-state index contributed by atoms with van der Waals surface area (Å²) >= 11 is 3.15. The van der Waals surface area contributed by atoms with Crippen LogP contribution in [0.25, 0.3) is 0 Å². The molecule has 4 nitrogen and oxygen atoms in total. The highest BCUT2D eigenvalue weighted by Crippen LogP contribution is 2.30. The van der Waals surface area contributed by atoms with Gasteiger partial charge >= 0.3 is 0 Å². The molecule has 1 aromatic rings. The summed E-state index contributed by atoms with van der Waals surface area (Å²) in [5.74, 6) is 0. The Bertz CT molecular complexity index is 391. The molecule has 0 radical (unpaired) electrons. The Hall–Kier alpha value is -0.940. The highest BCUT2D eigenvalue weighted by atomic mass is 79.9. The van der Waals surface area contributed by atoms with Gasteiger partial charge in [-0.1, -0.05) is 19.9 Å². The van der Waals surface area contributed by atoms with Crippen molar-refractivity contribution in [3.63, 3.8) is 0 Å². The Kier molecular flexibility index (Phi) is 3.46. The van der Waals surface area contributed by atoms with Crippen LogP contribution in [-0.2, 0) is 5.41 Å². The van der Waals surface area contributed by atoms with E-state index in [1.54, 1.807) is 12.1 Å². The molecule has 0 unspecified atom stereocenters. The zero-order valence-electron chi connectivity index (χ0n) is 8.66. The van der Waals surface area contributed by atoms with Crippen molar-refractivity contribution in [1.29, 1.82) is 0 Å². The molecule has 82 valence electrons. The van der Waals surface area contributed by atoms with Gasteiger partial charge < -0.3 is 5.73 Å². The lowest BCUT2D eigenvalue weighted by molar-refractivity contribution is -0.385. The molecule has 0 aliphatic carbocycles. The summed E-state index contributed by atoms with van der Waals surface area (Å²) < 4.78 is 0.490. The Labute approximate surface area is 96.8 Å². The molecule has 5 heteroatoms. The zero-order chi connectivity index (χ0) is 11.6. The van der Waals surface area contributed by atoms with Crippen molar-refractivity contribution in [3.05, 3.63) is 38.3 Å². The molecular weight excluding hydrogens is 260 g/mol. The first-order valence-corrected chi connectivity index (χ1v) is 5.32. The Morgan fingerprint density at radius 3 is 2.60 bits per heavy atom. The lowest BCUT2D eigenvalue weighted by Gasteiger charge is -2.22. The number of hydrogen-bond donors (Lipinski definition) is 1. The maximum atomic E-state index is 10.7. The molecular formula is C10H13BrN2O2. The van der Waals surface area contributed by atoms with E-state index < -0.39 is 4.92 Å². The summed E-state index contributed by atoms with van der Waals surface area (Å²) in [7, 11) is 0. The van der Waals surface area contributed by atoms with Crippen LogP contribution in [0.5, 0.6) is 0 Å². The van der Waals surface area contributed by atoms with Crippen LogP contribution >= 0.6 is 15.9 Å². The molecule has 0 aromatic heterocycles. The predicted molar refractivity (Wildman–Crippen MR) is 62.9 cm³/mol. The largest absolute Gasteiger partial charge is 0.330 e. The second-order valence-electron chi connectivity index (χ2n) is 4.01. The minimum Gasteiger partial charge on any atom is -0.330 e. The fourth-order valence-corrected chi connectivity index (χ4v) is 1.58. The van der Waals surface area contributed by atoms with Crippen LogP contribution in [0.4, 0.5) is 5.69 Å². The summed E-state index contributed by atoms with van der Waals surface area (Å²) in [5.41, 5.74) is 6.33. The van der Waals surface area contributed by atoms with E-state index in [9.17, 15) is 10.1 Å². The molecule has 0 saturated heterocycles. The van der Waals surface area contributed by atoms with Gasteiger partial charge in [-0.15, -0.1) is 0 Å². The van der Waals surface area contributed by atoms with Crippen molar-refractivity contribution in [3.8, 4) is 0 Å². The molecule has 15 heavy (non-hydrogen) atoms. The molecule has 0 saturated carbocycles. The zero-order valence-corrected chi connectivity index (χ0v) is 10.2. The third-order valence-corrected chi connectivity index (χ3v) is 3.11. The SMILES string of the molecule is CC(C)(CN)c1ccc(Br)c([N+](=O)[O-])c1. The molecule has 0 heterocycles. The fourth-order valence-electron chi connectivity index (χ4n) is 1.19. The molecule has 0 aliphatic rings. The van der Waals surface area contributed by atoms with Gasteiger partial charge in [0.25, 0.3) is 5.69 Å². The normalized spacial score (nSPS) is 11.5. The molecule has 0 atom stereocenters. The summed E-state index contributed by atoms with van der Waals surface area (Å²) in [6, 6.07) is 5.10. The van der Waals surface area contributed by atoms with Crippen LogP contribution in [0.15, 0.2) is 22.7 Å². The number of benzene rings is 1. The van der Waals surface area contributed by atoms with Crippen LogP contribution in [0, 0.1) is 10.1 Å². The maximum Gasteiger partial charge on any atom is 0.283 e. The summed E-state index contributed by atoms with van der Waals surface area (Å²) in [6.07, 6.45) is 0. The molecule has 1 aromatic carbocycles. The van der Waals surface area contributed by atoms with Crippen molar-refractivity contribution < 1.29 is 4.92 Å². The fraction of sp³-hybridized carbons (Fsp3) is 0.400. The number of rotatable bonds is 3. The van der Waals surface area contributed by atoms with Gasteiger partial charge in [0.05, 0.1) is 9.40 Å². The van der Waals surface area contributed by atoms with Gasteiger partial charge in [0.1, 0.15) is 0 Å². The molecule has 0 amide bonds. The van der Waals surface area contributed by atoms with E-state index in [1.165, 1.54) is 0 Å². The van der Waals surface area contributed by atoms with Gasteiger partial charge in [-0.25, -0.2) is 0 Å². The average molecular weight is 273 g/mol. The molecule has 0 spiro atoms. The van der Waals surface area contributed by atoms with Crippen molar-refractivity contribution in [2.24, 2.45) is 5.73 Å². The first kappa shape index (κ1) is 12.1. The third kappa shape index (κ3) is 2.54. The van der Waals surface area contributed by atoms with Crippen molar-refractivity contribution in [1.82, 2.24) is 0 Å². The molecule has 0 bridgehead atoms. The van der Waals surface area contributed by atoms with Gasteiger partial charge in [-0.2, -0.15) is 0 Å². The minimum atomic E-state index is -0.403. The lowest BCUT2D eigenvalue weighted by atomic mass is 9.85. The van der Waals surface area contributed by atoms with Gasteiger partial charge in [0, 0.05) is 18.0 Å². The standard InChI is InChI=1S/C10H13BrN2O2/c1-10(2,6-12)7-3-4-8(11)9(5-7)13(14)15/h3-5H,6,12H2,1-2H3. The minimum absolute atomic E-state index is 0.0778. The van der Waals surface area contributed by atoms with Crippen molar-refractivity contribution in [2.75, 3.05) is 6.54 Å². The topological polar surface area (TPSA) is 69.2 Å². The van der Waals surface area contributed by atoms with Crippen LogP contribution in [0.2, 0.25) is 0 Å². The van der Waals surface area contributed by atoms with Crippen LogP contribution in [-0.4, -0.2) is 11.5 Å². The molecule has 0 fully saturated rings. The van der Waals surface area contributed by atoms with E-state index >= 15 is 0 Å². The summed E-state index contributed by atoms with van der Waals surface area (Å²) in [4.78, 5) is 10.3. The molecule has 0 aliphatic heterocycles. The van der Waals surface area contributed by atoms with E-state index in [4.69, 9.17) is 5.73 Å². The van der Waals surface area contributed by atoms with Gasteiger partial charge in [0.15, 0.2) is 0 Å². The lowest BCUT2D eigenvalue weighted by Crippen LogP contribution is -2.28. The Morgan fingerprint density at radius 1 is 1.53 bits per heavy atom. The number of nitrogens with two attached hydrogens (primary N) is 1. The van der Waals surface area contributed by atoms with E-state index in [2.05, 4.69) is 15.9 Å². The number of nitrogens with zero attached hydrogens (tertiary/aromatic N) is 1. The van der Waals surface area contributed by atoms with Crippen molar-refractivity contribution >= 4 is 21.6 Å². The van der Waals surface area contributed by atoms with Crippen LogP contribution in [0.3, 0.4) is 0 Å². The van der Waals surface area contributed by atoms with Gasteiger partial charge in [0.2, 0.25) is 0 Å². The quantitative estimate of drug-likeness (QED) is 0.679. The second kappa shape index (κ2) is 4.28. The second-order valence-corrected chi connectivity index (χ2v) is 4.87. The van der Waals surface area contributed by atoms with Crippen molar-refractivity contribution in [2.45, 2.75) is 19.3 Å². The first-order valence-electron chi connectivity index (χ1n) is 4.53. The number of halogens is 1. The van der Waals surface area contributed by atoms with Crippen LogP contribution in [0.1, 0.15) is 19.4 Å². The highest BCUT2D eigenvalue weighted by Gasteiger charge is 2.22. The number of nitro benzene ring substituents is 1. The number of hydrogen-bond acceptors (Lipinski definition) is 3. The highest BCUT2D eigenvalue weighted by molar-refractivity contribution is 9.10. The van der Waals surface area contributed by atoms with Gasteiger partial charge in [-0.05, 0) is 27.6 Å². The number of nitro groups is 1. The average Bonchev–Trinajstić information content (AvgIpc) is 2.17. The Balaban J connectivity index is 3.25. The molecule has 1 rings (SSSR count). The smallest absolute Gasteiger partial charge is 0.283 e. The monoisotopic (exact) mass is 272 g/mol. The molecule has 2 N–H and O–H groups in total. The predicted octanol–water partition coefficient (Wildman–Crippen LogP) is 2.59. The summed E-state index contributed by atoms with van der Waals surface area (Å²) in [5, 5.41) is 10.7. The summed E-state index contributed by atoms with van der Waals surface area (Å²) in [6.45, 7) is 4.37. The van der Waals surface area contributed by atoms with E-state index in [-0.39, 0.29) is 11.1 Å². The van der Waals surface area contributed by atoms with Gasteiger partial charge in [-0.3, -0.25) is 10.1 Å². The van der Waals surface area contributed by atoms with Crippen LogP contribution < -0.4 is 5.73 Å².